The lowest BCUT2D eigenvalue weighted by molar-refractivity contribution is 0.0950. The molecule has 96 valence electrons. The maximum absolute atomic E-state index is 12.0. The molecule has 0 radical (unpaired) electrons. The monoisotopic (exact) mass is 248 g/mol. The summed E-state index contributed by atoms with van der Waals surface area (Å²) < 4.78 is 10.5. The third kappa shape index (κ3) is 2.26. The first-order chi connectivity index (χ1) is 8.83. The zero-order chi connectivity index (χ0) is 12.4. The van der Waals surface area contributed by atoms with Crippen LogP contribution in [0.25, 0.3) is 0 Å². The zero-order valence-electron chi connectivity index (χ0n) is 10.1. The molecule has 2 N–H and O–H groups in total. The number of nitrogens with one attached hydrogen (secondary N) is 2. The highest BCUT2D eigenvalue weighted by Gasteiger charge is 2.18. The van der Waals surface area contributed by atoms with Crippen molar-refractivity contribution in [3.05, 3.63) is 23.8 Å². The highest BCUT2D eigenvalue weighted by Crippen LogP contribution is 2.32. The van der Waals surface area contributed by atoms with E-state index in [1.54, 1.807) is 18.2 Å². The lowest BCUT2D eigenvalue weighted by Crippen LogP contribution is -2.37. The van der Waals surface area contributed by atoms with Gasteiger partial charge in [-0.1, -0.05) is 0 Å². The Balaban J connectivity index is 1.61. The van der Waals surface area contributed by atoms with E-state index in [1.807, 2.05) is 0 Å². The molecule has 1 atom stereocenters. The molecule has 1 aromatic carbocycles. The van der Waals surface area contributed by atoms with E-state index in [9.17, 15) is 4.79 Å². The molecular weight excluding hydrogens is 232 g/mol. The molecule has 2 aliphatic rings. The van der Waals surface area contributed by atoms with E-state index in [2.05, 4.69) is 10.6 Å². The van der Waals surface area contributed by atoms with Crippen molar-refractivity contribution in [2.45, 2.75) is 18.9 Å². The highest BCUT2D eigenvalue weighted by molar-refractivity contribution is 5.94. The summed E-state index contributed by atoms with van der Waals surface area (Å²) in [7, 11) is 0. The largest absolute Gasteiger partial charge is 0.454 e. The van der Waals surface area contributed by atoms with Gasteiger partial charge in [0, 0.05) is 18.2 Å². The molecule has 18 heavy (non-hydrogen) atoms. The van der Waals surface area contributed by atoms with Crippen LogP contribution in [0.2, 0.25) is 0 Å². The molecule has 0 aromatic heterocycles. The van der Waals surface area contributed by atoms with Crippen LogP contribution < -0.4 is 20.1 Å². The first-order valence-corrected chi connectivity index (χ1v) is 6.24. The number of hydrogen-bond donors (Lipinski definition) is 2. The van der Waals surface area contributed by atoms with Crippen molar-refractivity contribution in [2.24, 2.45) is 0 Å². The van der Waals surface area contributed by atoms with Gasteiger partial charge in [0.1, 0.15) is 0 Å². The third-order valence-corrected chi connectivity index (χ3v) is 3.31. The summed E-state index contributed by atoms with van der Waals surface area (Å²) in [4.78, 5) is 12.0. The van der Waals surface area contributed by atoms with Crippen molar-refractivity contribution in [1.82, 2.24) is 10.6 Å². The maximum Gasteiger partial charge on any atom is 0.251 e. The molecule has 0 unspecified atom stereocenters. The van der Waals surface area contributed by atoms with Gasteiger partial charge in [0.05, 0.1) is 0 Å². The Morgan fingerprint density at radius 3 is 3.11 bits per heavy atom. The number of amides is 1. The minimum absolute atomic E-state index is 0.0676. The van der Waals surface area contributed by atoms with E-state index >= 15 is 0 Å². The Morgan fingerprint density at radius 1 is 1.39 bits per heavy atom. The maximum atomic E-state index is 12.0. The number of fused-ring (bicyclic) bond motifs is 1. The lowest BCUT2D eigenvalue weighted by atomic mass is 10.1. The number of ether oxygens (including phenoxy) is 2. The molecule has 1 amide bonds. The summed E-state index contributed by atoms with van der Waals surface area (Å²) in [6.07, 6.45) is 2.31. The van der Waals surface area contributed by atoms with Crippen LogP contribution in [-0.4, -0.2) is 31.8 Å². The summed E-state index contributed by atoms with van der Waals surface area (Å²) in [5, 5.41) is 6.28. The molecule has 2 aliphatic heterocycles. The van der Waals surface area contributed by atoms with E-state index in [0.717, 1.165) is 13.0 Å². The number of carbonyl (C=O) groups is 1. The van der Waals surface area contributed by atoms with Gasteiger partial charge >= 0.3 is 0 Å². The molecule has 5 heteroatoms. The summed E-state index contributed by atoms with van der Waals surface area (Å²) in [5.41, 5.74) is 0.609. The minimum atomic E-state index is -0.0676. The number of carbonyl (C=O) groups excluding carboxylic acids is 1. The standard InChI is InChI=1S/C13H16N2O3/c16-13(15-7-10-2-1-5-14-10)9-3-4-11-12(6-9)18-8-17-11/h3-4,6,10,14H,1-2,5,7-8H2,(H,15,16)/t10-/m0/s1. The Hall–Kier alpha value is -1.75. The van der Waals surface area contributed by atoms with E-state index in [4.69, 9.17) is 9.47 Å². The molecule has 5 nitrogen and oxygen atoms in total. The van der Waals surface area contributed by atoms with Gasteiger partial charge in [0.2, 0.25) is 6.79 Å². The van der Waals surface area contributed by atoms with Crippen molar-refractivity contribution in [2.75, 3.05) is 19.9 Å². The Morgan fingerprint density at radius 2 is 2.28 bits per heavy atom. The SMILES string of the molecule is O=C(NC[C@@H]1CCCN1)c1ccc2c(c1)OCO2. The van der Waals surface area contributed by atoms with Crippen molar-refractivity contribution >= 4 is 5.91 Å². The first kappa shape index (κ1) is 11.3. The molecule has 1 saturated heterocycles. The number of rotatable bonds is 3. The summed E-state index contributed by atoms with van der Waals surface area (Å²) >= 11 is 0. The second-order valence-corrected chi connectivity index (χ2v) is 4.57. The van der Waals surface area contributed by atoms with Gasteiger partial charge in [-0.15, -0.1) is 0 Å². The van der Waals surface area contributed by atoms with Crippen LogP contribution >= 0.6 is 0 Å². The number of hydrogen-bond acceptors (Lipinski definition) is 4. The second-order valence-electron chi connectivity index (χ2n) is 4.57. The van der Waals surface area contributed by atoms with E-state index in [-0.39, 0.29) is 12.7 Å². The zero-order valence-corrected chi connectivity index (χ0v) is 10.1. The van der Waals surface area contributed by atoms with Crippen LogP contribution in [0.1, 0.15) is 23.2 Å². The van der Waals surface area contributed by atoms with Gasteiger partial charge in [0.15, 0.2) is 11.5 Å². The van der Waals surface area contributed by atoms with Gasteiger partial charge in [-0.3, -0.25) is 4.79 Å². The topological polar surface area (TPSA) is 59.6 Å². The average molecular weight is 248 g/mol. The predicted octanol–water partition coefficient (Wildman–Crippen LogP) is 0.897. The fourth-order valence-corrected chi connectivity index (χ4v) is 2.29. The number of benzene rings is 1. The Kier molecular flexibility index (Phi) is 3.06. The smallest absolute Gasteiger partial charge is 0.251 e. The highest BCUT2D eigenvalue weighted by atomic mass is 16.7. The fraction of sp³-hybridized carbons (Fsp3) is 0.462. The van der Waals surface area contributed by atoms with Gasteiger partial charge in [-0.2, -0.15) is 0 Å². The molecule has 0 aliphatic carbocycles. The second kappa shape index (κ2) is 4.86. The van der Waals surface area contributed by atoms with Crippen LogP contribution in [0, 0.1) is 0 Å². The first-order valence-electron chi connectivity index (χ1n) is 6.24. The molecule has 0 bridgehead atoms. The van der Waals surface area contributed by atoms with Gasteiger partial charge in [-0.05, 0) is 37.6 Å². The molecule has 1 fully saturated rings. The molecular formula is C13H16N2O3. The van der Waals surface area contributed by atoms with Crippen LogP contribution in [0.15, 0.2) is 18.2 Å². The molecule has 1 aromatic rings. The molecule has 0 saturated carbocycles. The van der Waals surface area contributed by atoms with Gasteiger partial charge in [0.25, 0.3) is 5.91 Å². The lowest BCUT2D eigenvalue weighted by Gasteiger charge is -2.11. The molecule has 2 heterocycles. The van der Waals surface area contributed by atoms with Crippen molar-refractivity contribution in [1.29, 1.82) is 0 Å². The van der Waals surface area contributed by atoms with E-state index in [0.29, 0.717) is 29.6 Å². The van der Waals surface area contributed by atoms with Crippen LogP contribution in [0.5, 0.6) is 11.5 Å². The van der Waals surface area contributed by atoms with Crippen LogP contribution in [-0.2, 0) is 0 Å². The van der Waals surface area contributed by atoms with Crippen LogP contribution in [0.3, 0.4) is 0 Å². The average Bonchev–Trinajstić information content (AvgIpc) is 3.05. The van der Waals surface area contributed by atoms with Crippen LogP contribution in [0.4, 0.5) is 0 Å². The summed E-state index contributed by atoms with van der Waals surface area (Å²) in [6.45, 7) is 1.95. The quantitative estimate of drug-likeness (QED) is 0.834. The van der Waals surface area contributed by atoms with Crippen molar-refractivity contribution in [3.63, 3.8) is 0 Å². The molecule has 0 spiro atoms. The Labute approximate surface area is 105 Å². The summed E-state index contributed by atoms with van der Waals surface area (Å²) in [5.74, 6) is 1.27. The van der Waals surface area contributed by atoms with Crippen molar-refractivity contribution in [3.8, 4) is 11.5 Å². The normalized spacial score (nSPS) is 21.0. The fourth-order valence-electron chi connectivity index (χ4n) is 2.29. The van der Waals surface area contributed by atoms with E-state index in [1.165, 1.54) is 6.42 Å². The molecule has 3 rings (SSSR count). The Bertz CT molecular complexity index is 456. The van der Waals surface area contributed by atoms with Gasteiger partial charge < -0.3 is 20.1 Å². The van der Waals surface area contributed by atoms with Crippen molar-refractivity contribution < 1.29 is 14.3 Å². The predicted molar refractivity (Wildman–Crippen MR) is 65.9 cm³/mol. The summed E-state index contributed by atoms with van der Waals surface area (Å²) in [6, 6.07) is 5.65. The minimum Gasteiger partial charge on any atom is -0.454 e. The third-order valence-electron chi connectivity index (χ3n) is 3.31. The van der Waals surface area contributed by atoms with Gasteiger partial charge in [-0.25, -0.2) is 0 Å². The van der Waals surface area contributed by atoms with E-state index < -0.39 is 0 Å².